The number of aromatic amines is 1. The number of nitrogens with zero attached hydrogens (tertiary/aromatic N) is 1. The number of carbonyl (C=O) groups is 2. The maximum Gasteiger partial charge on any atom is 0.272 e. The van der Waals surface area contributed by atoms with Crippen LogP contribution in [0.2, 0.25) is 0 Å². The summed E-state index contributed by atoms with van der Waals surface area (Å²) < 4.78 is 0. The highest BCUT2D eigenvalue weighted by atomic mass is 16.2. The normalized spacial score (nSPS) is 17.1. The zero-order chi connectivity index (χ0) is 20.4. The van der Waals surface area contributed by atoms with E-state index in [1.54, 1.807) is 6.07 Å². The Morgan fingerprint density at radius 1 is 1.14 bits per heavy atom. The first-order valence-electron chi connectivity index (χ1n) is 9.65. The molecule has 0 saturated carbocycles. The molecule has 3 aromatic rings. The molecular formula is C22H22N4O3. The molecule has 1 aliphatic rings. The van der Waals surface area contributed by atoms with Crippen molar-refractivity contribution in [1.29, 1.82) is 0 Å². The summed E-state index contributed by atoms with van der Waals surface area (Å²) in [5.41, 5.74) is 2.51. The minimum absolute atomic E-state index is 0.0453. The molecule has 0 bridgehead atoms. The monoisotopic (exact) mass is 390 g/mol. The Balaban J connectivity index is 1.46. The van der Waals surface area contributed by atoms with Gasteiger partial charge in [-0.05, 0) is 25.0 Å². The summed E-state index contributed by atoms with van der Waals surface area (Å²) in [6, 6.07) is 15.3. The van der Waals surface area contributed by atoms with E-state index in [9.17, 15) is 14.4 Å². The first-order chi connectivity index (χ1) is 14.0. The van der Waals surface area contributed by atoms with Gasteiger partial charge in [0.15, 0.2) is 0 Å². The van der Waals surface area contributed by atoms with Crippen molar-refractivity contribution >= 4 is 22.6 Å². The average Bonchev–Trinajstić information content (AvgIpc) is 3.16. The van der Waals surface area contributed by atoms with Crippen LogP contribution in [0.3, 0.4) is 0 Å². The highest BCUT2D eigenvalue weighted by Crippen LogP contribution is 2.24. The van der Waals surface area contributed by atoms with Crippen molar-refractivity contribution in [3.63, 3.8) is 0 Å². The van der Waals surface area contributed by atoms with Crippen molar-refractivity contribution in [2.24, 2.45) is 5.92 Å². The van der Waals surface area contributed by atoms with Crippen LogP contribution in [0, 0.1) is 5.92 Å². The molecular weight excluding hydrogens is 368 g/mol. The highest BCUT2D eigenvalue weighted by Gasteiger charge is 2.28. The fraction of sp³-hybridized carbons (Fsp3) is 0.273. The van der Waals surface area contributed by atoms with Crippen molar-refractivity contribution in [3.8, 4) is 11.3 Å². The van der Waals surface area contributed by atoms with Crippen molar-refractivity contribution in [1.82, 2.24) is 20.8 Å². The van der Waals surface area contributed by atoms with Crippen LogP contribution in [0.1, 0.15) is 18.9 Å². The number of nitrogens with one attached hydrogen (secondary N) is 3. The third-order valence-corrected chi connectivity index (χ3v) is 5.20. The molecule has 1 aliphatic heterocycles. The molecule has 148 valence electrons. The molecule has 2 unspecified atom stereocenters. The highest BCUT2D eigenvalue weighted by molar-refractivity contribution is 5.93. The zero-order valence-corrected chi connectivity index (χ0v) is 16.1. The van der Waals surface area contributed by atoms with Gasteiger partial charge in [0, 0.05) is 30.0 Å². The first-order valence-corrected chi connectivity index (χ1v) is 9.65. The lowest BCUT2D eigenvalue weighted by Gasteiger charge is -2.16. The Hall–Kier alpha value is -3.48. The smallest absolute Gasteiger partial charge is 0.272 e. The summed E-state index contributed by atoms with van der Waals surface area (Å²) in [6.45, 7) is 2.36. The summed E-state index contributed by atoms with van der Waals surface area (Å²) in [4.78, 5) is 35.5. The molecule has 1 saturated heterocycles. The van der Waals surface area contributed by atoms with Crippen LogP contribution in [0.4, 0.5) is 0 Å². The van der Waals surface area contributed by atoms with Crippen LogP contribution in [0.15, 0.2) is 53.3 Å². The van der Waals surface area contributed by atoms with E-state index in [1.807, 2.05) is 49.4 Å². The van der Waals surface area contributed by atoms with Gasteiger partial charge in [0.2, 0.25) is 11.8 Å². The largest absolute Gasteiger partial charge is 0.355 e. The van der Waals surface area contributed by atoms with Crippen molar-refractivity contribution in [3.05, 3.63) is 64.4 Å². The average molecular weight is 390 g/mol. The minimum atomic E-state index is -0.285. The molecule has 3 N–H and O–H groups in total. The van der Waals surface area contributed by atoms with Gasteiger partial charge in [-0.3, -0.25) is 14.4 Å². The van der Waals surface area contributed by atoms with E-state index < -0.39 is 0 Å². The van der Waals surface area contributed by atoms with E-state index in [2.05, 4.69) is 20.8 Å². The molecule has 1 fully saturated rings. The van der Waals surface area contributed by atoms with E-state index >= 15 is 0 Å². The van der Waals surface area contributed by atoms with Gasteiger partial charge in [0.1, 0.15) is 0 Å². The Bertz CT molecular complexity index is 1120. The lowest BCUT2D eigenvalue weighted by Crippen LogP contribution is -2.39. The number of amides is 2. The number of H-pyrrole nitrogens is 1. The second-order valence-electron chi connectivity index (χ2n) is 7.46. The Morgan fingerprint density at radius 2 is 1.86 bits per heavy atom. The number of aromatic nitrogens is 2. The van der Waals surface area contributed by atoms with Crippen molar-refractivity contribution in [2.45, 2.75) is 25.8 Å². The maximum absolute atomic E-state index is 12.2. The summed E-state index contributed by atoms with van der Waals surface area (Å²) in [7, 11) is 0. The van der Waals surface area contributed by atoms with Crippen LogP contribution in [0.25, 0.3) is 22.0 Å². The molecule has 7 heteroatoms. The van der Waals surface area contributed by atoms with E-state index in [1.165, 1.54) is 0 Å². The predicted octanol–water partition coefficient (Wildman–Crippen LogP) is 1.77. The number of hydrogen-bond acceptors (Lipinski definition) is 4. The molecule has 7 nitrogen and oxygen atoms in total. The van der Waals surface area contributed by atoms with Gasteiger partial charge in [-0.2, -0.15) is 5.10 Å². The fourth-order valence-corrected chi connectivity index (χ4v) is 3.69. The number of fused-ring (bicyclic) bond motifs is 1. The van der Waals surface area contributed by atoms with Crippen molar-refractivity contribution in [2.75, 3.05) is 6.54 Å². The van der Waals surface area contributed by atoms with Crippen molar-refractivity contribution < 1.29 is 9.59 Å². The van der Waals surface area contributed by atoms with Gasteiger partial charge in [0.25, 0.3) is 5.56 Å². The number of carbonyl (C=O) groups excluding carboxylic acids is 2. The molecule has 2 aromatic carbocycles. The van der Waals surface area contributed by atoms with Crippen LogP contribution in [-0.2, 0) is 16.0 Å². The summed E-state index contributed by atoms with van der Waals surface area (Å²) >= 11 is 0. The fourth-order valence-electron chi connectivity index (χ4n) is 3.69. The molecule has 0 aliphatic carbocycles. The topological polar surface area (TPSA) is 104 Å². The van der Waals surface area contributed by atoms with Gasteiger partial charge in [0.05, 0.1) is 17.0 Å². The van der Waals surface area contributed by atoms with Crippen LogP contribution < -0.4 is 16.2 Å². The Morgan fingerprint density at radius 3 is 2.55 bits per heavy atom. The number of benzene rings is 2. The second kappa shape index (κ2) is 7.87. The van der Waals surface area contributed by atoms with Gasteiger partial charge in [-0.15, -0.1) is 0 Å². The zero-order valence-electron chi connectivity index (χ0n) is 16.1. The third-order valence-electron chi connectivity index (χ3n) is 5.20. The standard InChI is InChI=1S/C22H22N4O3/c1-13(24-21(28)16-11-19(27)23-12-16)10-14-6-8-15(9-7-14)20-17-4-2-3-5-18(17)22(29)26-25-20/h2-9,13,16H,10-12H2,1H3,(H,23,27)(H,24,28)(H,26,29). The van der Waals surface area contributed by atoms with Crippen LogP contribution in [0.5, 0.6) is 0 Å². The Labute approximate surface area is 167 Å². The van der Waals surface area contributed by atoms with E-state index in [-0.39, 0.29) is 35.8 Å². The second-order valence-corrected chi connectivity index (χ2v) is 7.46. The minimum Gasteiger partial charge on any atom is -0.355 e. The summed E-state index contributed by atoms with van der Waals surface area (Å²) in [5.74, 6) is -0.444. The number of rotatable bonds is 5. The van der Waals surface area contributed by atoms with Gasteiger partial charge >= 0.3 is 0 Å². The first kappa shape index (κ1) is 18.9. The van der Waals surface area contributed by atoms with Crippen LogP contribution in [-0.4, -0.2) is 34.6 Å². The lowest BCUT2D eigenvalue weighted by molar-refractivity contribution is -0.127. The summed E-state index contributed by atoms with van der Waals surface area (Å²) in [5, 5.41) is 13.9. The van der Waals surface area contributed by atoms with E-state index in [0.29, 0.717) is 18.4 Å². The SMILES string of the molecule is CC(Cc1ccc(-c2n[nH]c(=O)c3ccccc23)cc1)NC(=O)C1CNC(=O)C1. The maximum atomic E-state index is 12.2. The quantitative estimate of drug-likeness (QED) is 0.618. The van der Waals surface area contributed by atoms with Gasteiger partial charge < -0.3 is 10.6 Å². The van der Waals surface area contributed by atoms with E-state index in [4.69, 9.17) is 0 Å². The molecule has 0 spiro atoms. The lowest BCUT2D eigenvalue weighted by atomic mass is 10.0. The molecule has 4 rings (SSSR count). The Kier molecular flexibility index (Phi) is 5.12. The molecule has 2 heterocycles. The molecule has 29 heavy (non-hydrogen) atoms. The van der Waals surface area contributed by atoms with Gasteiger partial charge in [-0.25, -0.2) is 5.10 Å². The third kappa shape index (κ3) is 4.03. The summed E-state index contributed by atoms with van der Waals surface area (Å²) in [6.07, 6.45) is 0.938. The van der Waals surface area contributed by atoms with E-state index in [0.717, 1.165) is 22.2 Å². The molecule has 0 radical (unpaired) electrons. The number of hydrogen-bond donors (Lipinski definition) is 3. The van der Waals surface area contributed by atoms with Crippen LogP contribution >= 0.6 is 0 Å². The van der Waals surface area contributed by atoms with Gasteiger partial charge in [-0.1, -0.05) is 42.5 Å². The molecule has 2 amide bonds. The molecule has 1 aromatic heterocycles. The predicted molar refractivity (Wildman–Crippen MR) is 110 cm³/mol. The molecule has 2 atom stereocenters.